The fourth-order valence-electron chi connectivity index (χ4n) is 4.79. The highest BCUT2D eigenvalue weighted by atomic mass is 16.5. The first-order chi connectivity index (χ1) is 17.9. The van der Waals surface area contributed by atoms with Crippen LogP contribution in [0.15, 0.2) is 47.3 Å². The van der Waals surface area contributed by atoms with Crippen molar-refractivity contribution in [2.45, 2.75) is 70.4 Å². The molecule has 3 aromatic rings. The molecule has 1 fully saturated rings. The Bertz CT molecular complexity index is 1220. The normalized spacial score (nSPS) is 18.6. The van der Waals surface area contributed by atoms with Gasteiger partial charge in [-0.05, 0) is 68.0 Å². The number of nitrogens with zero attached hydrogens (tertiary/aromatic N) is 3. The Kier molecular flexibility index (Phi) is 7.83. The molecule has 1 aliphatic carbocycles. The smallest absolute Gasteiger partial charge is 0.181 e. The molecule has 1 aromatic carbocycles. The van der Waals surface area contributed by atoms with E-state index in [0.717, 1.165) is 35.5 Å². The molecule has 0 saturated heterocycles. The van der Waals surface area contributed by atoms with Gasteiger partial charge in [-0.3, -0.25) is 9.69 Å². The standard InChI is InChI=1S/C28H34N4O5/c1-18-27(37-17-30-18)16-36-23-7-5-20-13-32(15-26(35)24(20)12-23)14-22(33)6-8-25(34)19-9-10-29-28(11-19)31-21-3-2-4-21/h5,7,9-12,17,21-22,26,33,35H,2-4,6,8,13-16H2,1H3,(H,29,31)/t22-,26+/m0/s1. The topological polar surface area (TPSA) is 121 Å². The van der Waals surface area contributed by atoms with Crippen LogP contribution in [0.4, 0.5) is 5.82 Å². The van der Waals surface area contributed by atoms with Crippen LogP contribution in [-0.4, -0.2) is 56.1 Å². The van der Waals surface area contributed by atoms with E-state index in [1.54, 1.807) is 18.3 Å². The Morgan fingerprint density at radius 2 is 2.14 bits per heavy atom. The minimum atomic E-state index is -0.688. The van der Waals surface area contributed by atoms with Crippen molar-refractivity contribution in [1.29, 1.82) is 0 Å². The van der Waals surface area contributed by atoms with Gasteiger partial charge in [-0.2, -0.15) is 0 Å². The number of Topliss-reactive ketones (excluding diaryl/α,β-unsaturated/α-hetero) is 1. The first-order valence-corrected chi connectivity index (χ1v) is 12.9. The Labute approximate surface area is 216 Å². The number of hydrogen-bond donors (Lipinski definition) is 3. The summed E-state index contributed by atoms with van der Waals surface area (Å²) in [4.78, 5) is 23.1. The number of aliphatic hydroxyl groups excluding tert-OH is 2. The van der Waals surface area contributed by atoms with Crippen molar-refractivity contribution in [3.05, 3.63) is 71.1 Å². The number of pyridine rings is 1. The number of anilines is 1. The SMILES string of the molecule is Cc1ncoc1COc1ccc2c(c1)[C@H](O)CN(C[C@@H](O)CCC(=O)c1ccnc(NC3CCC3)c1)C2. The molecule has 1 aliphatic heterocycles. The molecular formula is C28H34N4O5. The molecule has 0 spiro atoms. The van der Waals surface area contributed by atoms with Gasteiger partial charge in [0.05, 0.1) is 17.9 Å². The third-order valence-corrected chi connectivity index (χ3v) is 7.23. The molecule has 196 valence electrons. The zero-order valence-corrected chi connectivity index (χ0v) is 21.1. The van der Waals surface area contributed by atoms with E-state index in [-0.39, 0.29) is 18.8 Å². The zero-order chi connectivity index (χ0) is 25.8. The number of ether oxygens (including phenoxy) is 1. The van der Waals surface area contributed by atoms with Crippen LogP contribution in [0.2, 0.25) is 0 Å². The summed E-state index contributed by atoms with van der Waals surface area (Å²) in [6, 6.07) is 9.66. The number of ketones is 1. The maximum Gasteiger partial charge on any atom is 0.181 e. The van der Waals surface area contributed by atoms with Crippen LogP contribution in [0, 0.1) is 6.92 Å². The van der Waals surface area contributed by atoms with Crippen molar-refractivity contribution < 1.29 is 24.2 Å². The van der Waals surface area contributed by atoms with E-state index in [9.17, 15) is 15.0 Å². The second-order valence-corrected chi connectivity index (χ2v) is 10.0. The lowest BCUT2D eigenvalue weighted by Gasteiger charge is -2.33. The third-order valence-electron chi connectivity index (χ3n) is 7.23. The molecular weight excluding hydrogens is 472 g/mol. The minimum Gasteiger partial charge on any atom is -0.486 e. The van der Waals surface area contributed by atoms with Crippen molar-refractivity contribution in [2.75, 3.05) is 18.4 Å². The number of aromatic nitrogens is 2. The number of benzene rings is 1. The van der Waals surface area contributed by atoms with Gasteiger partial charge in [0.25, 0.3) is 0 Å². The summed E-state index contributed by atoms with van der Waals surface area (Å²) in [6.45, 7) is 3.54. The lowest BCUT2D eigenvalue weighted by Crippen LogP contribution is -2.38. The summed E-state index contributed by atoms with van der Waals surface area (Å²) >= 11 is 0. The highest BCUT2D eigenvalue weighted by Gasteiger charge is 2.26. The lowest BCUT2D eigenvalue weighted by atomic mass is 9.93. The van der Waals surface area contributed by atoms with E-state index < -0.39 is 12.2 Å². The summed E-state index contributed by atoms with van der Waals surface area (Å²) < 4.78 is 11.1. The van der Waals surface area contributed by atoms with Gasteiger partial charge in [0, 0.05) is 43.9 Å². The number of hydrogen-bond acceptors (Lipinski definition) is 9. The molecule has 2 aliphatic rings. The first kappa shape index (κ1) is 25.4. The van der Waals surface area contributed by atoms with E-state index in [1.807, 2.05) is 30.0 Å². The molecule has 3 heterocycles. The van der Waals surface area contributed by atoms with Gasteiger partial charge in [0.2, 0.25) is 0 Å². The molecule has 9 nitrogen and oxygen atoms in total. The second kappa shape index (κ2) is 11.4. The molecule has 5 rings (SSSR count). The number of fused-ring (bicyclic) bond motifs is 1. The van der Waals surface area contributed by atoms with Crippen LogP contribution in [0.1, 0.15) is 71.1 Å². The summed E-state index contributed by atoms with van der Waals surface area (Å²) in [5, 5.41) is 24.8. The van der Waals surface area contributed by atoms with E-state index in [4.69, 9.17) is 9.15 Å². The van der Waals surface area contributed by atoms with Crippen LogP contribution in [0.5, 0.6) is 5.75 Å². The summed E-state index contributed by atoms with van der Waals surface area (Å²) in [6.07, 6.45) is 5.82. The quantitative estimate of drug-likeness (QED) is 0.334. The maximum atomic E-state index is 12.7. The van der Waals surface area contributed by atoms with Crippen LogP contribution in [0.25, 0.3) is 0 Å². The Balaban J connectivity index is 1.10. The molecule has 0 bridgehead atoms. The van der Waals surface area contributed by atoms with Crippen LogP contribution in [-0.2, 0) is 13.2 Å². The zero-order valence-electron chi connectivity index (χ0n) is 21.1. The van der Waals surface area contributed by atoms with Crippen LogP contribution in [0.3, 0.4) is 0 Å². The number of carbonyl (C=O) groups excluding carboxylic acids is 1. The highest BCUT2D eigenvalue weighted by Crippen LogP contribution is 2.30. The Morgan fingerprint density at radius 1 is 1.27 bits per heavy atom. The van der Waals surface area contributed by atoms with E-state index >= 15 is 0 Å². The fourth-order valence-corrected chi connectivity index (χ4v) is 4.79. The molecule has 0 unspecified atom stereocenters. The second-order valence-electron chi connectivity index (χ2n) is 10.0. The van der Waals surface area contributed by atoms with Gasteiger partial charge in [-0.25, -0.2) is 9.97 Å². The minimum absolute atomic E-state index is 0.00446. The van der Waals surface area contributed by atoms with Crippen molar-refractivity contribution in [3.63, 3.8) is 0 Å². The van der Waals surface area contributed by atoms with Gasteiger partial charge in [0.1, 0.15) is 18.2 Å². The Morgan fingerprint density at radius 3 is 2.89 bits per heavy atom. The van der Waals surface area contributed by atoms with E-state index in [2.05, 4.69) is 15.3 Å². The third kappa shape index (κ3) is 6.36. The summed E-state index contributed by atoms with van der Waals surface area (Å²) in [7, 11) is 0. The van der Waals surface area contributed by atoms with Crippen LogP contribution >= 0.6 is 0 Å². The Hall–Kier alpha value is -3.27. The largest absolute Gasteiger partial charge is 0.486 e. The van der Waals surface area contributed by atoms with Gasteiger partial charge in [-0.1, -0.05) is 6.07 Å². The fraction of sp³-hybridized carbons (Fsp3) is 0.464. The summed E-state index contributed by atoms with van der Waals surface area (Å²) in [5.74, 6) is 2.06. The van der Waals surface area contributed by atoms with Gasteiger partial charge >= 0.3 is 0 Å². The predicted molar refractivity (Wildman–Crippen MR) is 137 cm³/mol. The van der Waals surface area contributed by atoms with Crippen molar-refractivity contribution in [3.8, 4) is 5.75 Å². The monoisotopic (exact) mass is 506 g/mol. The molecule has 2 atom stereocenters. The maximum absolute atomic E-state index is 12.7. The molecule has 9 heteroatoms. The number of β-amino-alcohol motifs (C(OH)–C–C–N with tert-alkyl or cyclic N) is 2. The first-order valence-electron chi connectivity index (χ1n) is 12.9. The average Bonchev–Trinajstić information content (AvgIpc) is 3.28. The predicted octanol–water partition coefficient (Wildman–Crippen LogP) is 3.79. The van der Waals surface area contributed by atoms with Crippen molar-refractivity contribution >= 4 is 11.6 Å². The molecule has 2 aromatic heterocycles. The van der Waals surface area contributed by atoms with Gasteiger partial charge < -0.3 is 24.7 Å². The van der Waals surface area contributed by atoms with Gasteiger partial charge in [0.15, 0.2) is 17.9 Å². The number of aliphatic hydroxyl groups is 2. The van der Waals surface area contributed by atoms with Gasteiger partial charge in [-0.15, -0.1) is 0 Å². The molecule has 37 heavy (non-hydrogen) atoms. The number of rotatable bonds is 11. The van der Waals surface area contributed by atoms with Crippen molar-refractivity contribution in [1.82, 2.24) is 14.9 Å². The van der Waals surface area contributed by atoms with Crippen LogP contribution < -0.4 is 10.1 Å². The summed E-state index contributed by atoms with van der Waals surface area (Å²) in [5.41, 5.74) is 3.23. The average molecular weight is 507 g/mol. The van der Waals surface area contributed by atoms with Crippen molar-refractivity contribution in [2.24, 2.45) is 0 Å². The number of oxazole rings is 1. The molecule has 0 radical (unpaired) electrons. The number of carbonyl (C=O) groups is 1. The van der Waals surface area contributed by atoms with E-state index in [1.165, 1.54) is 12.8 Å². The number of nitrogens with one attached hydrogen (secondary N) is 1. The molecule has 0 amide bonds. The number of aryl methyl sites for hydroxylation is 1. The molecule has 1 saturated carbocycles. The molecule has 3 N–H and O–H groups in total. The highest BCUT2D eigenvalue weighted by molar-refractivity contribution is 5.96. The lowest BCUT2D eigenvalue weighted by molar-refractivity contribution is 0.0486. The van der Waals surface area contributed by atoms with E-state index in [0.29, 0.717) is 49.2 Å².